The van der Waals surface area contributed by atoms with Gasteiger partial charge in [-0.25, -0.2) is 4.68 Å². The lowest BCUT2D eigenvalue weighted by molar-refractivity contribution is -0.104. The molecule has 0 amide bonds. The number of piperidine rings is 1. The summed E-state index contributed by atoms with van der Waals surface area (Å²) in [6.07, 6.45) is 16.9. The lowest BCUT2D eigenvalue weighted by Gasteiger charge is -2.45. The van der Waals surface area contributed by atoms with E-state index in [4.69, 9.17) is 5.10 Å². The molecular formula is C29H44N5OP. The van der Waals surface area contributed by atoms with E-state index in [-0.39, 0.29) is 11.3 Å². The van der Waals surface area contributed by atoms with Crippen LogP contribution in [0.3, 0.4) is 0 Å². The molecule has 0 radical (unpaired) electrons. The summed E-state index contributed by atoms with van der Waals surface area (Å²) in [4.78, 5) is 18.7. The molecule has 1 aromatic heterocycles. The standard InChI is InChI=1S/C29H44N5OP/c1-9-10-23(4)26-19-25(30-34(26)20-22(2)3)27(13-18-35)36-28-12-11-24(21-32(28)8)33-16-14-29(5,15-17-33)31(6)7/h10-13,18-21,28,36H,9,14-17H2,1-8H3/b23-10+,27-13-. The topological polar surface area (TPSA) is 44.6 Å². The molecule has 0 bridgehead atoms. The smallest absolute Gasteiger partial charge is 0.143 e. The van der Waals surface area contributed by atoms with Crippen molar-refractivity contribution in [3.8, 4) is 0 Å². The second-order valence-electron chi connectivity index (χ2n) is 10.6. The van der Waals surface area contributed by atoms with Crippen LogP contribution in [0.4, 0.5) is 0 Å². The third-order valence-electron chi connectivity index (χ3n) is 7.35. The predicted molar refractivity (Wildman–Crippen MR) is 156 cm³/mol. The molecule has 1 aromatic rings. The van der Waals surface area contributed by atoms with Crippen LogP contribution in [0.5, 0.6) is 0 Å². The number of likely N-dealkylation sites (tertiary alicyclic amines) is 1. The number of carbonyl (C=O) groups excluding carboxylic acids is 1. The highest BCUT2D eigenvalue weighted by atomic mass is 31.1. The summed E-state index contributed by atoms with van der Waals surface area (Å²) >= 11 is 0. The molecule has 2 unspecified atom stereocenters. The van der Waals surface area contributed by atoms with Crippen LogP contribution in [-0.2, 0) is 4.79 Å². The zero-order valence-electron chi connectivity index (χ0n) is 23.4. The van der Waals surface area contributed by atoms with Crippen LogP contribution in [0.15, 0.2) is 47.8 Å². The largest absolute Gasteiger partial charge is 0.370 e. The van der Waals surface area contributed by atoms with E-state index < -0.39 is 0 Å². The highest BCUT2D eigenvalue weighted by Crippen LogP contribution is 2.41. The Labute approximate surface area is 219 Å². The quantitative estimate of drug-likeness (QED) is 0.236. The van der Waals surface area contributed by atoms with Crippen molar-refractivity contribution in [2.45, 2.75) is 65.2 Å². The Balaban J connectivity index is 1.77. The summed E-state index contributed by atoms with van der Waals surface area (Å²) in [7, 11) is 6.91. The molecule has 36 heavy (non-hydrogen) atoms. The third kappa shape index (κ3) is 6.66. The number of hydrogen-bond acceptors (Lipinski definition) is 5. The van der Waals surface area contributed by atoms with Crippen molar-refractivity contribution in [2.75, 3.05) is 34.2 Å². The normalized spacial score (nSPS) is 20.9. The Morgan fingerprint density at radius 2 is 1.94 bits per heavy atom. The van der Waals surface area contributed by atoms with E-state index >= 15 is 0 Å². The Kier molecular flexibility index (Phi) is 9.54. The molecule has 2 atom stereocenters. The van der Waals surface area contributed by atoms with Crippen molar-refractivity contribution >= 4 is 32.0 Å². The first kappa shape index (κ1) is 28.1. The number of likely N-dealkylation sites (N-methyl/N-ethyl adjacent to an activating group) is 1. The maximum atomic E-state index is 11.6. The Morgan fingerprint density at radius 3 is 2.50 bits per heavy atom. The van der Waals surface area contributed by atoms with Gasteiger partial charge in [-0.1, -0.05) is 33.2 Å². The highest BCUT2D eigenvalue weighted by Gasteiger charge is 2.32. The Morgan fingerprint density at radius 1 is 1.25 bits per heavy atom. The zero-order valence-corrected chi connectivity index (χ0v) is 24.4. The molecule has 2 aliphatic heterocycles. The van der Waals surface area contributed by atoms with Crippen LogP contribution in [0, 0.1) is 0 Å². The fraction of sp³-hybridized carbons (Fsp3) is 0.517. The lowest BCUT2D eigenvalue weighted by atomic mass is 9.88. The van der Waals surface area contributed by atoms with E-state index in [1.807, 2.05) is 4.68 Å². The highest BCUT2D eigenvalue weighted by molar-refractivity contribution is 7.51. The van der Waals surface area contributed by atoms with Crippen molar-refractivity contribution in [2.24, 2.45) is 0 Å². The molecule has 2 aliphatic rings. The van der Waals surface area contributed by atoms with Crippen LogP contribution >= 0.6 is 8.58 Å². The minimum absolute atomic E-state index is 0.195. The van der Waals surface area contributed by atoms with Gasteiger partial charge in [0.1, 0.15) is 6.29 Å². The number of rotatable bonds is 9. The van der Waals surface area contributed by atoms with Crippen LogP contribution in [0.1, 0.15) is 65.3 Å². The van der Waals surface area contributed by atoms with Gasteiger partial charge in [0, 0.05) is 43.4 Å². The number of allylic oxidation sites excluding steroid dienone is 5. The summed E-state index contributed by atoms with van der Waals surface area (Å²) < 4.78 is 1.95. The fourth-order valence-corrected chi connectivity index (χ4v) is 5.92. The van der Waals surface area contributed by atoms with Gasteiger partial charge in [0.15, 0.2) is 0 Å². The van der Waals surface area contributed by atoms with Gasteiger partial charge in [-0.2, -0.15) is 5.10 Å². The van der Waals surface area contributed by atoms with Gasteiger partial charge in [-0.05, 0) is 84.8 Å². The molecule has 0 aromatic carbocycles. The summed E-state index contributed by atoms with van der Waals surface area (Å²) in [5.74, 6) is 0.195. The summed E-state index contributed by atoms with van der Waals surface area (Å²) in [5.41, 5.74) is 5.85. The van der Waals surface area contributed by atoms with Crippen molar-refractivity contribution in [3.05, 3.63) is 59.2 Å². The van der Waals surface area contributed by atoms with Crippen molar-refractivity contribution < 1.29 is 4.79 Å². The minimum atomic E-state index is 0.195. The average Bonchev–Trinajstić information content (AvgIpc) is 3.23. The van der Waals surface area contributed by atoms with Crippen LogP contribution in [0.2, 0.25) is 0 Å². The zero-order chi connectivity index (χ0) is 26.5. The number of aldehydes is 1. The number of hydrogen-bond donors (Lipinski definition) is 0. The SMILES string of the molecule is CC/C=C(\C)c1cc(/C(=C/C=O)PC2C=CC(N3CCC(C)(N(C)C)CC3)=CN2C)nn1C=C(C)C. The van der Waals surface area contributed by atoms with Gasteiger partial charge >= 0.3 is 0 Å². The first-order valence-corrected chi connectivity index (χ1v) is 14.0. The average molecular weight is 510 g/mol. The molecule has 1 fully saturated rings. The van der Waals surface area contributed by atoms with E-state index in [1.165, 1.54) is 16.8 Å². The van der Waals surface area contributed by atoms with E-state index in [1.54, 1.807) is 6.08 Å². The fourth-order valence-electron chi connectivity index (χ4n) is 4.70. The van der Waals surface area contributed by atoms with Gasteiger partial charge in [-0.15, -0.1) is 0 Å². The second kappa shape index (κ2) is 12.2. The van der Waals surface area contributed by atoms with E-state index in [2.05, 4.69) is 107 Å². The Bertz CT molecular complexity index is 1080. The molecule has 0 spiro atoms. The van der Waals surface area contributed by atoms with Gasteiger partial charge in [0.05, 0.1) is 22.9 Å². The summed E-state index contributed by atoms with van der Waals surface area (Å²) in [6, 6.07) is 2.12. The van der Waals surface area contributed by atoms with Gasteiger partial charge in [0.25, 0.3) is 0 Å². The summed E-state index contributed by atoms with van der Waals surface area (Å²) in [6.45, 7) is 12.9. The van der Waals surface area contributed by atoms with Gasteiger partial charge in [0.2, 0.25) is 0 Å². The van der Waals surface area contributed by atoms with Crippen molar-refractivity contribution in [1.29, 1.82) is 0 Å². The number of carbonyl (C=O) groups is 1. The Hall–Kier alpha value is -2.43. The molecule has 0 aliphatic carbocycles. The maximum Gasteiger partial charge on any atom is 0.143 e. The first-order chi connectivity index (χ1) is 17.1. The number of nitrogens with zero attached hydrogens (tertiary/aromatic N) is 5. The monoisotopic (exact) mass is 509 g/mol. The molecule has 3 rings (SSSR count). The third-order valence-corrected chi connectivity index (χ3v) is 8.98. The molecule has 7 heteroatoms. The summed E-state index contributed by atoms with van der Waals surface area (Å²) in [5, 5.41) is 5.87. The molecule has 0 saturated carbocycles. The predicted octanol–water partition coefficient (Wildman–Crippen LogP) is 5.88. The van der Waals surface area contributed by atoms with Crippen molar-refractivity contribution in [1.82, 2.24) is 24.5 Å². The molecular weight excluding hydrogens is 465 g/mol. The number of aromatic nitrogens is 2. The van der Waals surface area contributed by atoms with E-state index in [0.29, 0.717) is 8.58 Å². The van der Waals surface area contributed by atoms with Crippen molar-refractivity contribution in [3.63, 3.8) is 0 Å². The molecule has 0 N–H and O–H groups in total. The molecule has 1 saturated heterocycles. The molecule has 196 valence electrons. The van der Waals surface area contributed by atoms with Crippen LogP contribution in [-0.4, -0.2) is 76.3 Å². The minimum Gasteiger partial charge on any atom is -0.370 e. The van der Waals surface area contributed by atoms with E-state index in [9.17, 15) is 4.79 Å². The van der Waals surface area contributed by atoms with E-state index in [0.717, 1.165) is 55.3 Å². The van der Waals surface area contributed by atoms with Crippen LogP contribution < -0.4 is 0 Å². The van der Waals surface area contributed by atoms with Crippen LogP contribution in [0.25, 0.3) is 17.1 Å². The van der Waals surface area contributed by atoms with Gasteiger partial charge < -0.3 is 14.7 Å². The maximum absolute atomic E-state index is 11.6. The first-order valence-electron chi connectivity index (χ1n) is 13.0. The second-order valence-corrected chi connectivity index (χ2v) is 12.0. The molecule has 3 heterocycles. The molecule has 6 nitrogen and oxygen atoms in total. The lowest BCUT2D eigenvalue weighted by Crippen LogP contribution is -2.50. The van der Waals surface area contributed by atoms with Gasteiger partial charge in [-0.3, -0.25) is 4.79 Å².